The van der Waals surface area contributed by atoms with E-state index in [9.17, 15) is 4.79 Å². The molecule has 30 heavy (non-hydrogen) atoms. The summed E-state index contributed by atoms with van der Waals surface area (Å²) in [5.41, 5.74) is 6.11. The van der Waals surface area contributed by atoms with E-state index in [0.29, 0.717) is 12.4 Å². The first-order valence-corrected chi connectivity index (χ1v) is 10.2. The van der Waals surface area contributed by atoms with Gasteiger partial charge in [-0.15, -0.1) is 0 Å². The third-order valence-electron chi connectivity index (χ3n) is 5.20. The zero-order valence-electron chi connectivity index (χ0n) is 17.3. The molecule has 0 aliphatic rings. The molecule has 0 fully saturated rings. The highest BCUT2D eigenvalue weighted by Gasteiger charge is 2.15. The van der Waals surface area contributed by atoms with Gasteiger partial charge in [-0.25, -0.2) is 4.79 Å². The Bertz CT molecular complexity index is 1140. The van der Waals surface area contributed by atoms with Crippen molar-refractivity contribution >= 4 is 16.9 Å². The van der Waals surface area contributed by atoms with Gasteiger partial charge in [-0.1, -0.05) is 60.7 Å². The Kier molecular flexibility index (Phi) is 5.84. The Hall–Kier alpha value is -3.53. The average molecular weight is 399 g/mol. The number of esters is 1. The Balaban J connectivity index is 1.63. The molecule has 4 aromatic rings. The number of aromatic nitrogens is 1. The molecule has 1 heterocycles. The number of hydrogen-bond donors (Lipinski definition) is 0. The second-order valence-electron chi connectivity index (χ2n) is 7.18. The molecule has 1 aromatic heterocycles. The summed E-state index contributed by atoms with van der Waals surface area (Å²) in [7, 11) is 0. The van der Waals surface area contributed by atoms with Crippen LogP contribution < -0.4 is 4.74 Å². The smallest absolute Gasteiger partial charge is 0.344 e. The zero-order chi connectivity index (χ0) is 20.9. The van der Waals surface area contributed by atoms with E-state index in [2.05, 4.69) is 60.0 Å². The first-order valence-electron chi connectivity index (χ1n) is 10.2. The Morgan fingerprint density at radius 1 is 0.900 bits per heavy atom. The van der Waals surface area contributed by atoms with Crippen molar-refractivity contribution in [2.45, 2.75) is 20.4 Å². The fourth-order valence-electron chi connectivity index (χ4n) is 3.83. The molecule has 0 saturated carbocycles. The lowest BCUT2D eigenvalue weighted by atomic mass is 10.1. The van der Waals surface area contributed by atoms with Gasteiger partial charge >= 0.3 is 5.97 Å². The van der Waals surface area contributed by atoms with E-state index in [-0.39, 0.29) is 12.6 Å². The highest BCUT2D eigenvalue weighted by atomic mass is 16.6. The maximum absolute atomic E-state index is 11.5. The quantitative estimate of drug-likeness (QED) is 0.380. The van der Waals surface area contributed by atoms with Gasteiger partial charge in [-0.05, 0) is 48.7 Å². The summed E-state index contributed by atoms with van der Waals surface area (Å²) in [5, 5.41) is 1.27. The molecule has 0 aliphatic heterocycles. The van der Waals surface area contributed by atoms with Gasteiger partial charge in [0.2, 0.25) is 0 Å². The van der Waals surface area contributed by atoms with Gasteiger partial charge in [0.1, 0.15) is 5.75 Å². The number of aryl methyl sites for hydroxylation is 1. The van der Waals surface area contributed by atoms with Gasteiger partial charge < -0.3 is 14.0 Å². The van der Waals surface area contributed by atoms with Crippen LogP contribution in [0.1, 0.15) is 18.1 Å². The first kappa shape index (κ1) is 19.8. The summed E-state index contributed by atoms with van der Waals surface area (Å²) in [5.74, 6) is 0.298. The lowest BCUT2D eigenvalue weighted by molar-refractivity contribution is -0.145. The van der Waals surface area contributed by atoms with Crippen molar-refractivity contribution in [1.29, 1.82) is 0 Å². The van der Waals surface area contributed by atoms with Crippen LogP contribution in [0.25, 0.3) is 22.2 Å². The molecule has 4 nitrogen and oxygen atoms in total. The second kappa shape index (κ2) is 8.87. The minimum atomic E-state index is -0.358. The lowest BCUT2D eigenvalue weighted by Gasteiger charge is -2.13. The number of carbonyl (C=O) groups excluding carboxylic acids is 1. The summed E-state index contributed by atoms with van der Waals surface area (Å²) in [4.78, 5) is 11.5. The number of fused-ring (bicyclic) bond motifs is 1. The molecule has 0 saturated heterocycles. The summed E-state index contributed by atoms with van der Waals surface area (Å²) in [6, 6.07) is 26.9. The molecule has 4 rings (SSSR count). The average Bonchev–Trinajstić information content (AvgIpc) is 3.06. The van der Waals surface area contributed by atoms with Gasteiger partial charge in [-0.2, -0.15) is 0 Å². The van der Waals surface area contributed by atoms with Gasteiger partial charge in [0, 0.05) is 17.4 Å². The Morgan fingerprint density at radius 2 is 1.60 bits per heavy atom. The molecule has 0 unspecified atom stereocenters. The van der Waals surface area contributed by atoms with Crippen molar-refractivity contribution in [2.75, 3.05) is 13.2 Å². The van der Waals surface area contributed by atoms with Crippen LogP contribution in [0.15, 0.2) is 78.9 Å². The maximum atomic E-state index is 11.5. The van der Waals surface area contributed by atoms with Gasteiger partial charge in [0.05, 0.1) is 12.3 Å². The number of benzene rings is 3. The largest absolute Gasteiger partial charge is 0.482 e. The van der Waals surface area contributed by atoms with Gasteiger partial charge in [0.15, 0.2) is 6.61 Å². The third kappa shape index (κ3) is 4.08. The summed E-state index contributed by atoms with van der Waals surface area (Å²) < 4.78 is 12.8. The lowest BCUT2D eigenvalue weighted by Crippen LogP contribution is -2.14. The highest BCUT2D eigenvalue weighted by Crippen LogP contribution is 2.34. The maximum Gasteiger partial charge on any atom is 0.344 e. The van der Waals surface area contributed by atoms with Crippen molar-refractivity contribution in [3.05, 3.63) is 90.0 Å². The SMILES string of the molecule is CCOC(=O)COc1ccc(Cn2c(-c3ccccc3)c(C)c3ccccc32)cc1. The van der Waals surface area contributed by atoms with Crippen LogP contribution in [0.5, 0.6) is 5.75 Å². The minimum absolute atomic E-state index is 0.0766. The molecule has 4 heteroatoms. The standard InChI is InChI=1S/C26H25NO3/c1-3-29-25(28)18-30-22-15-13-20(14-16-22)17-27-24-12-8-7-11-23(24)19(2)26(27)21-9-5-4-6-10-21/h4-16H,3,17-18H2,1-2H3. The fraction of sp³-hybridized carbons (Fsp3) is 0.192. The topological polar surface area (TPSA) is 40.5 Å². The van der Waals surface area contributed by atoms with E-state index >= 15 is 0 Å². The molecule has 0 amide bonds. The molecule has 3 aromatic carbocycles. The Morgan fingerprint density at radius 3 is 2.33 bits per heavy atom. The van der Waals surface area contributed by atoms with Crippen molar-refractivity contribution in [2.24, 2.45) is 0 Å². The van der Waals surface area contributed by atoms with Gasteiger partial charge in [0.25, 0.3) is 0 Å². The number of ether oxygens (including phenoxy) is 2. The summed E-state index contributed by atoms with van der Waals surface area (Å²) in [6.07, 6.45) is 0. The summed E-state index contributed by atoms with van der Waals surface area (Å²) >= 11 is 0. The molecule has 152 valence electrons. The van der Waals surface area contributed by atoms with Crippen LogP contribution in [0.4, 0.5) is 0 Å². The summed E-state index contributed by atoms with van der Waals surface area (Å²) in [6.45, 7) is 5.00. The van der Waals surface area contributed by atoms with Crippen LogP contribution in [0.2, 0.25) is 0 Å². The molecule has 0 bridgehead atoms. The van der Waals surface area contributed by atoms with E-state index in [0.717, 1.165) is 12.1 Å². The fourth-order valence-corrected chi connectivity index (χ4v) is 3.83. The number of nitrogens with zero attached hydrogens (tertiary/aromatic N) is 1. The normalized spacial score (nSPS) is 10.9. The number of para-hydroxylation sites is 1. The minimum Gasteiger partial charge on any atom is -0.482 e. The molecule has 0 spiro atoms. The second-order valence-corrected chi connectivity index (χ2v) is 7.18. The zero-order valence-corrected chi connectivity index (χ0v) is 17.3. The highest BCUT2D eigenvalue weighted by molar-refractivity contribution is 5.91. The number of rotatable bonds is 7. The predicted octanol–water partition coefficient (Wildman–Crippen LogP) is 5.61. The van der Waals surface area contributed by atoms with E-state index in [1.165, 1.54) is 27.7 Å². The van der Waals surface area contributed by atoms with E-state index in [1.54, 1.807) is 6.92 Å². The first-order chi connectivity index (χ1) is 14.7. The molecular weight excluding hydrogens is 374 g/mol. The van der Waals surface area contributed by atoms with Crippen LogP contribution in [0.3, 0.4) is 0 Å². The number of hydrogen-bond acceptors (Lipinski definition) is 3. The van der Waals surface area contributed by atoms with E-state index in [1.807, 2.05) is 30.3 Å². The number of carbonyl (C=O) groups is 1. The van der Waals surface area contributed by atoms with Crippen LogP contribution >= 0.6 is 0 Å². The third-order valence-corrected chi connectivity index (χ3v) is 5.20. The van der Waals surface area contributed by atoms with E-state index in [4.69, 9.17) is 9.47 Å². The van der Waals surface area contributed by atoms with Crippen LogP contribution in [-0.2, 0) is 16.1 Å². The van der Waals surface area contributed by atoms with Crippen molar-refractivity contribution in [1.82, 2.24) is 4.57 Å². The van der Waals surface area contributed by atoms with Crippen LogP contribution in [-0.4, -0.2) is 23.8 Å². The van der Waals surface area contributed by atoms with Gasteiger partial charge in [-0.3, -0.25) is 0 Å². The van der Waals surface area contributed by atoms with Crippen LogP contribution in [0, 0.1) is 6.92 Å². The van der Waals surface area contributed by atoms with Crippen molar-refractivity contribution in [3.63, 3.8) is 0 Å². The van der Waals surface area contributed by atoms with Crippen molar-refractivity contribution < 1.29 is 14.3 Å². The van der Waals surface area contributed by atoms with E-state index < -0.39 is 0 Å². The molecule has 0 atom stereocenters. The predicted molar refractivity (Wildman–Crippen MR) is 120 cm³/mol. The van der Waals surface area contributed by atoms with Crippen molar-refractivity contribution in [3.8, 4) is 17.0 Å². The Labute approximate surface area is 176 Å². The monoisotopic (exact) mass is 399 g/mol. The molecular formula is C26H25NO3. The molecule has 0 N–H and O–H groups in total. The molecule has 0 aliphatic carbocycles. The molecule has 0 radical (unpaired) electrons.